The van der Waals surface area contributed by atoms with Crippen LogP contribution in [0.15, 0.2) is 45.6 Å². The first-order chi connectivity index (χ1) is 14.5. The topological polar surface area (TPSA) is 121 Å². The van der Waals surface area contributed by atoms with Crippen LogP contribution >= 0.6 is 0 Å². The van der Waals surface area contributed by atoms with E-state index in [1.165, 1.54) is 38.0 Å². The Morgan fingerprint density at radius 2 is 1.67 bits per heavy atom. The Bertz CT molecular complexity index is 1110. The molecule has 0 aliphatic heterocycles. The van der Waals surface area contributed by atoms with E-state index in [-0.39, 0.29) is 18.5 Å². The molecule has 10 heteroatoms. The summed E-state index contributed by atoms with van der Waals surface area (Å²) >= 11 is 0. The number of hydrogen-bond donors (Lipinski definition) is 2. The Morgan fingerprint density at radius 3 is 2.30 bits per heavy atom. The number of nitrogens with one attached hydrogen (secondary N) is 2. The number of para-hydroxylation sites is 2. The highest BCUT2D eigenvalue weighted by atomic mass is 16.5. The van der Waals surface area contributed by atoms with Crippen LogP contribution < -0.4 is 30.8 Å². The monoisotopic (exact) mass is 415 g/mol. The fourth-order valence-corrected chi connectivity index (χ4v) is 2.91. The first-order valence-electron chi connectivity index (χ1n) is 8.96. The molecule has 0 unspecified atom stereocenters. The summed E-state index contributed by atoms with van der Waals surface area (Å²) in [5.74, 6) is -0.649. The number of nitrogens with zero attached hydrogens (tertiary/aromatic N) is 1. The highest BCUT2D eigenvalue weighted by molar-refractivity contribution is 5.96. The Labute approximate surface area is 171 Å². The third-order valence-corrected chi connectivity index (χ3v) is 4.38. The maximum Gasteiger partial charge on any atom is 0.419 e. The van der Waals surface area contributed by atoms with Gasteiger partial charge >= 0.3 is 5.76 Å². The highest BCUT2D eigenvalue weighted by Gasteiger charge is 2.17. The number of carbonyl (C=O) groups excluding carboxylic acids is 2. The summed E-state index contributed by atoms with van der Waals surface area (Å²) in [4.78, 5) is 36.5. The molecule has 0 radical (unpaired) electrons. The van der Waals surface area contributed by atoms with Crippen molar-refractivity contribution in [3.63, 3.8) is 0 Å². The minimum absolute atomic E-state index is 0.0427. The van der Waals surface area contributed by atoms with E-state index < -0.39 is 17.6 Å². The Kier molecular flexibility index (Phi) is 6.26. The van der Waals surface area contributed by atoms with Crippen LogP contribution in [0.4, 0.5) is 0 Å². The number of benzene rings is 2. The average molecular weight is 415 g/mol. The van der Waals surface area contributed by atoms with Gasteiger partial charge in [0, 0.05) is 18.5 Å². The number of rotatable bonds is 7. The second kappa shape index (κ2) is 9.03. The number of amides is 2. The van der Waals surface area contributed by atoms with Gasteiger partial charge in [0.1, 0.15) is 0 Å². The van der Waals surface area contributed by atoms with Crippen LogP contribution in [-0.2, 0) is 11.3 Å². The molecule has 0 aliphatic carbocycles. The molecular weight excluding hydrogens is 394 g/mol. The van der Waals surface area contributed by atoms with Gasteiger partial charge in [0.05, 0.1) is 26.8 Å². The molecule has 1 aromatic heterocycles. The first-order valence-corrected chi connectivity index (χ1v) is 8.96. The maximum atomic E-state index is 12.4. The van der Waals surface area contributed by atoms with Crippen LogP contribution in [0.1, 0.15) is 16.8 Å². The van der Waals surface area contributed by atoms with E-state index in [0.717, 1.165) is 0 Å². The molecule has 0 saturated heterocycles. The molecule has 2 amide bonds. The van der Waals surface area contributed by atoms with Gasteiger partial charge in [-0.3, -0.25) is 25.0 Å². The van der Waals surface area contributed by atoms with Gasteiger partial charge in [-0.15, -0.1) is 0 Å². The predicted molar refractivity (Wildman–Crippen MR) is 107 cm³/mol. The van der Waals surface area contributed by atoms with Gasteiger partial charge in [0.25, 0.3) is 5.91 Å². The molecule has 10 nitrogen and oxygen atoms in total. The van der Waals surface area contributed by atoms with Crippen molar-refractivity contribution in [1.82, 2.24) is 15.4 Å². The molecule has 1 heterocycles. The number of methoxy groups -OCH3 is 3. The molecule has 0 bridgehead atoms. The molecule has 0 fully saturated rings. The van der Waals surface area contributed by atoms with Crippen molar-refractivity contribution >= 4 is 22.9 Å². The van der Waals surface area contributed by atoms with Crippen LogP contribution in [0.2, 0.25) is 0 Å². The highest BCUT2D eigenvalue weighted by Crippen LogP contribution is 2.38. The van der Waals surface area contributed by atoms with Gasteiger partial charge in [0.15, 0.2) is 17.1 Å². The van der Waals surface area contributed by atoms with Crippen LogP contribution in [0.25, 0.3) is 11.1 Å². The van der Waals surface area contributed by atoms with Gasteiger partial charge in [0.2, 0.25) is 11.7 Å². The van der Waals surface area contributed by atoms with Crippen molar-refractivity contribution in [3.8, 4) is 17.2 Å². The van der Waals surface area contributed by atoms with E-state index in [1.54, 1.807) is 24.3 Å². The minimum Gasteiger partial charge on any atom is -0.493 e. The van der Waals surface area contributed by atoms with Gasteiger partial charge in [-0.1, -0.05) is 12.1 Å². The number of hydrazine groups is 1. The lowest BCUT2D eigenvalue weighted by molar-refractivity contribution is -0.122. The number of aromatic nitrogens is 1. The third kappa shape index (κ3) is 4.22. The minimum atomic E-state index is -0.575. The molecule has 0 spiro atoms. The number of fused-ring (bicyclic) bond motifs is 1. The number of oxazole rings is 1. The summed E-state index contributed by atoms with van der Waals surface area (Å²) in [5.41, 5.74) is 5.87. The van der Waals surface area contributed by atoms with Gasteiger partial charge < -0.3 is 18.6 Å². The van der Waals surface area contributed by atoms with E-state index in [9.17, 15) is 14.4 Å². The molecular formula is C20H21N3O7. The van der Waals surface area contributed by atoms with Crippen molar-refractivity contribution in [1.29, 1.82) is 0 Å². The Hall–Kier alpha value is -3.95. The van der Waals surface area contributed by atoms with Gasteiger partial charge in [-0.2, -0.15) is 0 Å². The van der Waals surface area contributed by atoms with Crippen molar-refractivity contribution < 1.29 is 28.2 Å². The molecule has 2 aromatic carbocycles. The average Bonchev–Trinajstić information content (AvgIpc) is 3.09. The van der Waals surface area contributed by atoms with Crippen molar-refractivity contribution in [2.45, 2.75) is 13.0 Å². The summed E-state index contributed by atoms with van der Waals surface area (Å²) in [6, 6.07) is 9.84. The van der Waals surface area contributed by atoms with Crippen LogP contribution in [0.3, 0.4) is 0 Å². The molecule has 0 atom stereocenters. The third-order valence-electron chi connectivity index (χ3n) is 4.38. The smallest absolute Gasteiger partial charge is 0.419 e. The van der Waals surface area contributed by atoms with Crippen LogP contribution in [0, 0.1) is 0 Å². The Balaban J connectivity index is 1.62. The zero-order chi connectivity index (χ0) is 21.7. The second-order valence-electron chi connectivity index (χ2n) is 6.15. The zero-order valence-electron chi connectivity index (χ0n) is 16.7. The van der Waals surface area contributed by atoms with E-state index in [1.807, 2.05) is 0 Å². The molecule has 158 valence electrons. The van der Waals surface area contributed by atoms with Crippen molar-refractivity contribution in [2.24, 2.45) is 0 Å². The standard InChI is InChI=1S/C20H21N3O7/c1-27-15-10-12(11-16(28-2)18(15)29-3)19(25)22-21-17(24)8-9-23-13-6-4-5-7-14(13)30-20(23)26/h4-7,10-11H,8-9H2,1-3H3,(H,21,24)(H,22,25). The summed E-state index contributed by atoms with van der Waals surface area (Å²) in [6.45, 7) is 0.0989. The van der Waals surface area contributed by atoms with Crippen LogP contribution in [0.5, 0.6) is 17.2 Å². The SMILES string of the molecule is COc1cc(C(=O)NNC(=O)CCn2c(=O)oc3ccccc32)cc(OC)c1OC. The number of ether oxygens (including phenoxy) is 3. The lowest BCUT2D eigenvalue weighted by Crippen LogP contribution is -2.42. The largest absolute Gasteiger partial charge is 0.493 e. The number of carbonyl (C=O) groups is 2. The van der Waals surface area contributed by atoms with Crippen LogP contribution in [-0.4, -0.2) is 37.7 Å². The summed E-state index contributed by atoms with van der Waals surface area (Å²) in [5, 5.41) is 0. The van der Waals surface area contributed by atoms with Gasteiger partial charge in [-0.25, -0.2) is 4.79 Å². The first kappa shape index (κ1) is 20.8. The van der Waals surface area contributed by atoms with Gasteiger partial charge in [-0.05, 0) is 24.3 Å². The Morgan fingerprint density at radius 1 is 1.00 bits per heavy atom. The van der Waals surface area contributed by atoms with E-state index in [4.69, 9.17) is 18.6 Å². The fraction of sp³-hybridized carbons (Fsp3) is 0.250. The quantitative estimate of drug-likeness (QED) is 0.561. The number of aryl methyl sites for hydroxylation is 1. The maximum absolute atomic E-state index is 12.4. The molecule has 2 N–H and O–H groups in total. The summed E-state index contributed by atoms with van der Waals surface area (Å²) in [6.07, 6.45) is -0.0427. The second-order valence-corrected chi connectivity index (χ2v) is 6.15. The zero-order valence-corrected chi connectivity index (χ0v) is 16.7. The van der Waals surface area contributed by atoms with E-state index in [0.29, 0.717) is 28.3 Å². The van der Waals surface area contributed by atoms with E-state index >= 15 is 0 Å². The molecule has 0 aliphatic rings. The van der Waals surface area contributed by atoms with Crippen molar-refractivity contribution in [3.05, 3.63) is 52.5 Å². The number of hydrogen-bond acceptors (Lipinski definition) is 7. The lowest BCUT2D eigenvalue weighted by atomic mass is 10.1. The molecule has 0 saturated carbocycles. The molecule has 3 rings (SSSR count). The summed E-state index contributed by atoms with van der Waals surface area (Å²) < 4.78 is 22.1. The fourth-order valence-electron chi connectivity index (χ4n) is 2.91. The molecule has 3 aromatic rings. The van der Waals surface area contributed by atoms with Crippen molar-refractivity contribution in [2.75, 3.05) is 21.3 Å². The predicted octanol–water partition coefficient (Wildman–Crippen LogP) is 1.47. The van der Waals surface area contributed by atoms with E-state index in [2.05, 4.69) is 10.9 Å². The normalized spacial score (nSPS) is 10.5. The summed E-state index contributed by atoms with van der Waals surface area (Å²) in [7, 11) is 4.32. The molecule has 30 heavy (non-hydrogen) atoms. The lowest BCUT2D eigenvalue weighted by Gasteiger charge is -2.14.